The lowest BCUT2D eigenvalue weighted by Crippen LogP contribution is -2.35. The van der Waals surface area contributed by atoms with Crippen LogP contribution in [0.15, 0.2) is 38.6 Å². The highest BCUT2D eigenvalue weighted by molar-refractivity contribution is 9.10. The summed E-state index contributed by atoms with van der Waals surface area (Å²) < 4.78 is 8.10. The fourth-order valence-electron chi connectivity index (χ4n) is 1.71. The minimum atomic E-state index is 0.0954. The van der Waals surface area contributed by atoms with Gasteiger partial charge in [-0.2, -0.15) is 0 Å². The summed E-state index contributed by atoms with van der Waals surface area (Å²) in [5, 5.41) is 5.55. The van der Waals surface area contributed by atoms with Crippen molar-refractivity contribution in [2.75, 3.05) is 0 Å². The average molecular weight is 433 g/mol. The van der Waals surface area contributed by atoms with Gasteiger partial charge in [-0.3, -0.25) is 0 Å². The maximum absolute atomic E-state index is 5.89. The Labute approximate surface area is 147 Å². The quantitative estimate of drug-likeness (QED) is 0.650. The topological polar surface area (TPSA) is 21.3 Å². The van der Waals surface area contributed by atoms with Crippen LogP contribution in [0.2, 0.25) is 0 Å². The van der Waals surface area contributed by atoms with E-state index in [-0.39, 0.29) is 5.54 Å². The highest BCUT2D eigenvalue weighted by atomic mass is 79.9. The van der Waals surface area contributed by atoms with E-state index in [1.54, 1.807) is 11.3 Å². The van der Waals surface area contributed by atoms with Crippen molar-refractivity contribution in [1.82, 2.24) is 5.32 Å². The van der Waals surface area contributed by atoms with Crippen molar-refractivity contribution in [2.45, 2.75) is 39.5 Å². The van der Waals surface area contributed by atoms with Crippen LogP contribution in [0.5, 0.6) is 5.75 Å². The molecule has 21 heavy (non-hydrogen) atoms. The molecule has 0 amide bonds. The van der Waals surface area contributed by atoms with Gasteiger partial charge in [0.2, 0.25) is 0 Å². The molecular formula is C16H19Br2NOS. The lowest BCUT2D eigenvalue weighted by Gasteiger charge is -2.21. The maximum atomic E-state index is 5.89. The highest BCUT2D eigenvalue weighted by Gasteiger charge is 2.11. The van der Waals surface area contributed by atoms with Crippen LogP contribution in [-0.4, -0.2) is 5.54 Å². The molecule has 0 radical (unpaired) electrons. The number of thiophene rings is 1. The largest absolute Gasteiger partial charge is 0.488 e. The fraction of sp³-hybridized carbons (Fsp3) is 0.375. The monoisotopic (exact) mass is 431 g/mol. The lowest BCUT2D eigenvalue weighted by molar-refractivity contribution is 0.308. The van der Waals surface area contributed by atoms with Crippen molar-refractivity contribution < 1.29 is 4.74 Å². The summed E-state index contributed by atoms with van der Waals surface area (Å²) in [5.41, 5.74) is 1.30. The third kappa shape index (κ3) is 5.40. The van der Waals surface area contributed by atoms with Crippen molar-refractivity contribution in [3.8, 4) is 5.75 Å². The van der Waals surface area contributed by atoms with Crippen LogP contribution in [0.1, 0.15) is 31.2 Å². The Kier molecular flexibility index (Phi) is 5.88. The molecule has 0 aliphatic heterocycles. The Balaban J connectivity index is 2.02. The van der Waals surface area contributed by atoms with E-state index in [2.05, 4.69) is 69.4 Å². The number of hydrogen-bond donors (Lipinski definition) is 1. The normalized spacial score (nSPS) is 11.7. The Morgan fingerprint density at radius 1 is 1.14 bits per heavy atom. The van der Waals surface area contributed by atoms with Gasteiger partial charge in [0.15, 0.2) is 0 Å². The molecule has 2 aromatic rings. The zero-order chi connectivity index (χ0) is 15.5. The zero-order valence-corrected chi connectivity index (χ0v) is 16.4. The first kappa shape index (κ1) is 17.0. The number of hydrogen-bond acceptors (Lipinski definition) is 3. The van der Waals surface area contributed by atoms with Gasteiger partial charge in [-0.25, -0.2) is 0 Å². The van der Waals surface area contributed by atoms with Gasteiger partial charge in [0.25, 0.3) is 0 Å². The minimum Gasteiger partial charge on any atom is -0.488 e. The first-order valence-electron chi connectivity index (χ1n) is 6.73. The predicted octanol–water partition coefficient (Wildman–Crippen LogP) is 5.74. The summed E-state index contributed by atoms with van der Waals surface area (Å²) in [6, 6.07) is 8.17. The molecule has 0 spiro atoms. The molecule has 0 aliphatic carbocycles. The molecule has 0 atom stereocenters. The standard InChI is InChI=1S/C16H19Br2NOS/c1-16(2,3)19-9-11-8-12(4-5-13(11)17)20-10-15-14(18)6-7-21-15/h4-8,19H,9-10H2,1-3H3. The van der Waals surface area contributed by atoms with Crippen LogP contribution in [0.25, 0.3) is 0 Å². The van der Waals surface area contributed by atoms with Crippen molar-refractivity contribution in [3.05, 3.63) is 49.0 Å². The third-order valence-corrected chi connectivity index (χ3v) is 5.56. The van der Waals surface area contributed by atoms with E-state index in [4.69, 9.17) is 4.74 Å². The molecule has 0 saturated carbocycles. The van der Waals surface area contributed by atoms with E-state index in [1.807, 2.05) is 18.2 Å². The molecular weight excluding hydrogens is 414 g/mol. The van der Waals surface area contributed by atoms with E-state index >= 15 is 0 Å². The molecule has 1 N–H and O–H groups in total. The second-order valence-corrected chi connectivity index (χ2v) is 8.55. The molecule has 0 saturated heterocycles. The molecule has 0 aliphatic rings. The van der Waals surface area contributed by atoms with Gasteiger partial charge in [0, 0.05) is 21.0 Å². The van der Waals surface area contributed by atoms with Gasteiger partial charge < -0.3 is 10.1 Å². The van der Waals surface area contributed by atoms with Crippen molar-refractivity contribution >= 4 is 43.2 Å². The fourth-order valence-corrected chi connectivity index (χ4v) is 3.48. The molecule has 5 heteroatoms. The number of benzene rings is 1. The molecule has 0 bridgehead atoms. The Bertz CT molecular complexity index is 605. The Hall–Kier alpha value is -0.360. The number of rotatable bonds is 5. The number of ether oxygens (including phenoxy) is 1. The van der Waals surface area contributed by atoms with Crippen LogP contribution in [0.3, 0.4) is 0 Å². The number of nitrogens with one attached hydrogen (secondary N) is 1. The molecule has 1 aromatic carbocycles. The van der Waals surface area contributed by atoms with Crippen LogP contribution in [0.4, 0.5) is 0 Å². The molecule has 1 aromatic heterocycles. The van der Waals surface area contributed by atoms with Gasteiger partial charge in [-0.15, -0.1) is 11.3 Å². The summed E-state index contributed by atoms with van der Waals surface area (Å²) in [7, 11) is 0. The lowest BCUT2D eigenvalue weighted by atomic mass is 10.1. The van der Waals surface area contributed by atoms with E-state index < -0.39 is 0 Å². The van der Waals surface area contributed by atoms with Gasteiger partial charge in [0.1, 0.15) is 12.4 Å². The summed E-state index contributed by atoms with van der Waals surface area (Å²) in [4.78, 5) is 1.20. The van der Waals surface area contributed by atoms with Crippen LogP contribution >= 0.6 is 43.2 Å². The molecule has 2 nitrogen and oxygen atoms in total. The number of halogens is 2. The smallest absolute Gasteiger partial charge is 0.124 e. The SMILES string of the molecule is CC(C)(C)NCc1cc(OCc2sccc2Br)ccc1Br. The summed E-state index contributed by atoms with van der Waals surface area (Å²) in [6.07, 6.45) is 0. The first-order valence-corrected chi connectivity index (χ1v) is 9.20. The molecule has 0 unspecified atom stereocenters. The van der Waals surface area contributed by atoms with E-state index in [9.17, 15) is 0 Å². The van der Waals surface area contributed by atoms with Gasteiger partial charge in [-0.05, 0) is 71.9 Å². The summed E-state index contributed by atoms with van der Waals surface area (Å²) in [5.74, 6) is 0.893. The molecule has 2 rings (SSSR count). The highest BCUT2D eigenvalue weighted by Crippen LogP contribution is 2.27. The van der Waals surface area contributed by atoms with Crippen LogP contribution in [0, 0.1) is 0 Å². The van der Waals surface area contributed by atoms with Crippen molar-refractivity contribution in [3.63, 3.8) is 0 Å². The van der Waals surface area contributed by atoms with Crippen molar-refractivity contribution in [2.24, 2.45) is 0 Å². The second kappa shape index (κ2) is 7.27. The molecule has 114 valence electrons. The average Bonchev–Trinajstić information content (AvgIpc) is 2.81. The maximum Gasteiger partial charge on any atom is 0.124 e. The molecule has 0 fully saturated rings. The minimum absolute atomic E-state index is 0.0954. The van der Waals surface area contributed by atoms with E-state index in [1.165, 1.54) is 10.4 Å². The first-order chi connectivity index (χ1) is 9.85. The van der Waals surface area contributed by atoms with E-state index in [0.29, 0.717) is 6.61 Å². The van der Waals surface area contributed by atoms with Crippen LogP contribution in [-0.2, 0) is 13.2 Å². The zero-order valence-electron chi connectivity index (χ0n) is 12.4. The third-order valence-electron chi connectivity index (χ3n) is 2.89. The van der Waals surface area contributed by atoms with Gasteiger partial charge in [0.05, 0.1) is 4.88 Å². The van der Waals surface area contributed by atoms with Gasteiger partial charge >= 0.3 is 0 Å². The van der Waals surface area contributed by atoms with Gasteiger partial charge in [-0.1, -0.05) is 15.9 Å². The molecule has 1 heterocycles. The summed E-state index contributed by atoms with van der Waals surface area (Å²) >= 11 is 8.82. The second-order valence-electron chi connectivity index (χ2n) is 5.84. The van der Waals surface area contributed by atoms with E-state index in [0.717, 1.165) is 21.2 Å². The Morgan fingerprint density at radius 3 is 2.52 bits per heavy atom. The van der Waals surface area contributed by atoms with Crippen molar-refractivity contribution in [1.29, 1.82) is 0 Å². The summed E-state index contributed by atoms with van der Waals surface area (Å²) in [6.45, 7) is 7.89. The Morgan fingerprint density at radius 2 is 1.90 bits per heavy atom. The van der Waals surface area contributed by atoms with Crippen LogP contribution < -0.4 is 10.1 Å². The predicted molar refractivity (Wildman–Crippen MR) is 97.1 cm³/mol.